The highest BCUT2D eigenvalue weighted by atomic mass is 35.5. The van der Waals surface area contributed by atoms with E-state index in [9.17, 15) is 24.0 Å². The van der Waals surface area contributed by atoms with Gasteiger partial charge < -0.3 is 21.3 Å². The number of hydrogen-bond acceptors (Lipinski definition) is 5. The minimum Gasteiger partial charge on any atom is -0.352 e. The maximum absolute atomic E-state index is 12.7. The van der Waals surface area contributed by atoms with Crippen LogP contribution >= 0.6 is 11.6 Å². The summed E-state index contributed by atoms with van der Waals surface area (Å²) >= 11 is 6.04. The van der Waals surface area contributed by atoms with Crippen molar-refractivity contribution in [2.24, 2.45) is 0 Å². The maximum atomic E-state index is 12.7. The third kappa shape index (κ3) is 5.97. The average molecular weight is 464 g/mol. The molecule has 3 atom stereocenters. The van der Waals surface area contributed by atoms with E-state index in [1.54, 1.807) is 18.2 Å². The van der Waals surface area contributed by atoms with Gasteiger partial charge in [0.15, 0.2) is 0 Å². The first-order valence-corrected chi connectivity index (χ1v) is 10.9. The van der Waals surface area contributed by atoms with Gasteiger partial charge in [0.1, 0.15) is 6.04 Å². The Balaban J connectivity index is 1.57. The topological polar surface area (TPSA) is 146 Å². The number of anilines is 1. The van der Waals surface area contributed by atoms with Crippen LogP contribution in [0.15, 0.2) is 18.2 Å². The van der Waals surface area contributed by atoms with Gasteiger partial charge in [-0.25, -0.2) is 4.79 Å². The number of unbranched alkanes of at least 4 members (excludes halogenated alkanes) is 1. The lowest BCUT2D eigenvalue weighted by Gasteiger charge is -2.24. The second-order valence-electron chi connectivity index (χ2n) is 7.91. The molecule has 0 spiro atoms. The molecule has 1 fully saturated rings. The fraction of sp³-hybridized carbons (Fsp3) is 0.476. The first-order chi connectivity index (χ1) is 15.3. The van der Waals surface area contributed by atoms with Gasteiger partial charge in [0.25, 0.3) is 0 Å². The van der Waals surface area contributed by atoms with Crippen LogP contribution in [0.5, 0.6) is 0 Å². The predicted molar refractivity (Wildman–Crippen MR) is 117 cm³/mol. The number of carbonyl (C=O) groups is 5. The molecule has 5 N–H and O–H groups in total. The van der Waals surface area contributed by atoms with Gasteiger partial charge in [0, 0.05) is 29.7 Å². The smallest absolute Gasteiger partial charge is 0.322 e. The molecule has 0 aliphatic carbocycles. The summed E-state index contributed by atoms with van der Waals surface area (Å²) in [6.45, 7) is 2.15. The van der Waals surface area contributed by atoms with Crippen molar-refractivity contribution in [3.8, 4) is 0 Å². The van der Waals surface area contributed by atoms with Crippen LogP contribution in [0.4, 0.5) is 10.5 Å². The van der Waals surface area contributed by atoms with E-state index in [4.69, 9.17) is 11.6 Å². The number of urea groups is 1. The van der Waals surface area contributed by atoms with E-state index in [-0.39, 0.29) is 37.2 Å². The lowest BCUT2D eigenvalue weighted by atomic mass is 9.96. The van der Waals surface area contributed by atoms with E-state index in [0.29, 0.717) is 22.7 Å². The van der Waals surface area contributed by atoms with Crippen molar-refractivity contribution in [1.82, 2.24) is 21.3 Å². The van der Waals surface area contributed by atoms with Gasteiger partial charge in [0.05, 0.1) is 12.3 Å². The number of nitrogens with one attached hydrogen (secondary N) is 5. The van der Waals surface area contributed by atoms with E-state index >= 15 is 0 Å². The second kappa shape index (κ2) is 10.4. The Bertz CT molecular complexity index is 921. The van der Waals surface area contributed by atoms with E-state index in [1.165, 1.54) is 0 Å². The molecular formula is C21H26ClN5O5. The van der Waals surface area contributed by atoms with Crippen LogP contribution in [0.2, 0.25) is 5.02 Å². The third-order valence-corrected chi connectivity index (χ3v) is 5.65. The SMILES string of the molecule is CCCCC(CNC(=O)[C@@H]1CC(=O)NC(=O)N1)NC(=O)CC1C(=O)Nc2ccc(Cl)cc21. The molecule has 1 saturated heterocycles. The van der Waals surface area contributed by atoms with Gasteiger partial charge >= 0.3 is 6.03 Å². The summed E-state index contributed by atoms with van der Waals surface area (Å²) in [5, 5.41) is 13.3. The number of imide groups is 1. The first-order valence-electron chi connectivity index (χ1n) is 10.5. The number of amides is 6. The van der Waals surface area contributed by atoms with Crippen LogP contribution in [0.1, 0.15) is 50.5 Å². The predicted octanol–water partition coefficient (Wildman–Crippen LogP) is 1.16. The van der Waals surface area contributed by atoms with Crippen molar-refractivity contribution in [2.45, 2.75) is 57.0 Å². The molecule has 1 aromatic rings. The fourth-order valence-corrected chi connectivity index (χ4v) is 3.94. The van der Waals surface area contributed by atoms with E-state index in [2.05, 4.69) is 26.6 Å². The lowest BCUT2D eigenvalue weighted by molar-refractivity contribution is -0.129. The normalized spacial score (nSPS) is 20.5. The standard InChI is InChI=1S/C21H26ClN5O5/c1-2-3-4-12(10-23-20(31)16-9-18(29)27-21(32)26-16)24-17(28)8-14-13-7-11(22)5-6-15(13)25-19(14)30/h5-7,12,14,16H,2-4,8-10H2,1H3,(H,23,31)(H,24,28)(H,25,30)(H2,26,27,29,32)/t12?,14?,16-/m0/s1. The molecule has 32 heavy (non-hydrogen) atoms. The van der Waals surface area contributed by atoms with E-state index < -0.39 is 29.8 Å². The van der Waals surface area contributed by atoms with Gasteiger partial charge in [-0.1, -0.05) is 31.4 Å². The molecule has 3 rings (SSSR count). The number of rotatable bonds is 9. The Morgan fingerprint density at radius 3 is 2.72 bits per heavy atom. The number of fused-ring (bicyclic) bond motifs is 1. The molecule has 10 nitrogen and oxygen atoms in total. The Morgan fingerprint density at radius 2 is 2.00 bits per heavy atom. The molecule has 1 aromatic carbocycles. The number of halogens is 1. The molecule has 0 saturated carbocycles. The fourth-order valence-electron chi connectivity index (χ4n) is 3.76. The van der Waals surface area contributed by atoms with Crippen LogP contribution in [0.25, 0.3) is 0 Å². The van der Waals surface area contributed by atoms with Gasteiger partial charge in [-0.15, -0.1) is 0 Å². The summed E-state index contributed by atoms with van der Waals surface area (Å²) in [6, 6.07) is 3.02. The highest BCUT2D eigenvalue weighted by Gasteiger charge is 2.33. The molecule has 2 aliphatic rings. The highest BCUT2D eigenvalue weighted by molar-refractivity contribution is 6.31. The quantitative estimate of drug-likeness (QED) is 0.373. The summed E-state index contributed by atoms with van der Waals surface area (Å²) in [4.78, 5) is 60.2. The van der Waals surface area contributed by atoms with Crippen molar-refractivity contribution in [3.63, 3.8) is 0 Å². The monoisotopic (exact) mass is 463 g/mol. The Labute approximate surface area is 190 Å². The van der Waals surface area contributed by atoms with E-state index in [0.717, 1.165) is 12.8 Å². The molecule has 0 radical (unpaired) electrons. The molecule has 11 heteroatoms. The molecule has 172 valence electrons. The van der Waals surface area contributed by atoms with E-state index in [1.807, 2.05) is 6.92 Å². The van der Waals surface area contributed by atoms with Crippen LogP contribution in [0, 0.1) is 0 Å². The van der Waals surface area contributed by atoms with Gasteiger partial charge in [-0.05, 0) is 30.2 Å². The van der Waals surface area contributed by atoms with Crippen LogP contribution < -0.4 is 26.6 Å². The number of benzene rings is 1. The first kappa shape index (κ1) is 23.5. The largest absolute Gasteiger partial charge is 0.352 e. The molecular weight excluding hydrogens is 438 g/mol. The average Bonchev–Trinajstić information content (AvgIpc) is 3.03. The zero-order valence-corrected chi connectivity index (χ0v) is 18.4. The summed E-state index contributed by atoms with van der Waals surface area (Å²) in [7, 11) is 0. The Hall–Kier alpha value is -3.14. The molecule has 2 unspecified atom stereocenters. The van der Waals surface area contributed by atoms with Crippen molar-refractivity contribution in [3.05, 3.63) is 28.8 Å². The molecule has 0 bridgehead atoms. The second-order valence-corrected chi connectivity index (χ2v) is 8.34. The Kier molecular flexibility index (Phi) is 7.68. The van der Waals surface area contributed by atoms with Crippen LogP contribution in [-0.2, 0) is 19.2 Å². The van der Waals surface area contributed by atoms with Crippen molar-refractivity contribution in [2.75, 3.05) is 11.9 Å². The highest BCUT2D eigenvalue weighted by Crippen LogP contribution is 2.36. The summed E-state index contributed by atoms with van der Waals surface area (Å²) in [6.07, 6.45) is 2.15. The lowest BCUT2D eigenvalue weighted by Crippen LogP contribution is -2.58. The Morgan fingerprint density at radius 1 is 1.22 bits per heavy atom. The summed E-state index contributed by atoms with van der Waals surface area (Å²) in [5.74, 6) is -2.25. The minimum atomic E-state index is -0.956. The van der Waals surface area contributed by atoms with Gasteiger partial charge in [-0.2, -0.15) is 0 Å². The maximum Gasteiger partial charge on any atom is 0.322 e. The molecule has 0 aromatic heterocycles. The summed E-state index contributed by atoms with van der Waals surface area (Å²) < 4.78 is 0. The molecule has 2 heterocycles. The molecule has 6 amide bonds. The summed E-state index contributed by atoms with van der Waals surface area (Å²) in [5.41, 5.74) is 1.33. The number of carbonyl (C=O) groups excluding carboxylic acids is 5. The van der Waals surface area contributed by atoms with Crippen LogP contribution in [0.3, 0.4) is 0 Å². The van der Waals surface area contributed by atoms with Crippen molar-refractivity contribution in [1.29, 1.82) is 0 Å². The zero-order valence-electron chi connectivity index (χ0n) is 17.6. The minimum absolute atomic E-state index is 0.0470. The third-order valence-electron chi connectivity index (χ3n) is 5.41. The van der Waals surface area contributed by atoms with Gasteiger partial charge in [-0.3, -0.25) is 24.5 Å². The molecule has 2 aliphatic heterocycles. The van der Waals surface area contributed by atoms with Crippen LogP contribution in [-0.4, -0.2) is 48.3 Å². The van der Waals surface area contributed by atoms with Gasteiger partial charge in [0.2, 0.25) is 23.6 Å². The number of hydrogen-bond donors (Lipinski definition) is 5. The zero-order chi connectivity index (χ0) is 23.3. The van der Waals surface area contributed by atoms with Crippen molar-refractivity contribution < 1.29 is 24.0 Å². The van der Waals surface area contributed by atoms with Crippen molar-refractivity contribution >= 4 is 46.9 Å².